The van der Waals surface area contributed by atoms with Gasteiger partial charge in [-0.15, -0.1) is 0 Å². The summed E-state index contributed by atoms with van der Waals surface area (Å²) < 4.78 is 0. The molecule has 0 spiro atoms. The van der Waals surface area contributed by atoms with Crippen molar-refractivity contribution in [3.05, 3.63) is 42.2 Å². The van der Waals surface area contributed by atoms with E-state index < -0.39 is 0 Å². The third kappa shape index (κ3) is 3.13. The van der Waals surface area contributed by atoms with E-state index in [0.29, 0.717) is 6.04 Å². The Morgan fingerprint density at radius 3 is 2.53 bits per heavy atom. The third-order valence-electron chi connectivity index (χ3n) is 4.11. The smallest absolute Gasteiger partial charge is 0.0651 e. The zero-order chi connectivity index (χ0) is 13.7. The molecule has 1 atom stereocenters. The average molecular weight is 256 g/mol. The number of hydrogen-bond acceptors (Lipinski definition) is 2. The summed E-state index contributed by atoms with van der Waals surface area (Å²) in [7, 11) is 2.04. The molecule has 0 aliphatic carbocycles. The minimum Gasteiger partial charge on any atom is -0.312 e. The van der Waals surface area contributed by atoms with Crippen LogP contribution in [0.15, 0.2) is 36.5 Å². The van der Waals surface area contributed by atoms with Crippen molar-refractivity contribution in [1.29, 1.82) is 0 Å². The number of aromatic nitrogens is 1. The van der Waals surface area contributed by atoms with Gasteiger partial charge in [-0.3, -0.25) is 4.98 Å². The SMILES string of the molecule is CCC(CC)CC(NC)c1nccc2ccccc12. The molecule has 2 aromatic rings. The van der Waals surface area contributed by atoms with E-state index in [0.717, 1.165) is 12.3 Å². The van der Waals surface area contributed by atoms with E-state index in [4.69, 9.17) is 0 Å². The first kappa shape index (κ1) is 14.0. The monoisotopic (exact) mass is 256 g/mol. The topological polar surface area (TPSA) is 24.9 Å². The molecule has 2 heteroatoms. The Bertz CT molecular complexity index is 512. The van der Waals surface area contributed by atoms with Gasteiger partial charge >= 0.3 is 0 Å². The molecule has 2 nitrogen and oxygen atoms in total. The molecule has 0 saturated carbocycles. The van der Waals surface area contributed by atoms with Crippen molar-refractivity contribution in [3.8, 4) is 0 Å². The summed E-state index contributed by atoms with van der Waals surface area (Å²) in [6, 6.07) is 10.9. The van der Waals surface area contributed by atoms with Gasteiger partial charge in [0.2, 0.25) is 0 Å². The molecule has 1 heterocycles. The third-order valence-corrected chi connectivity index (χ3v) is 4.11. The summed E-state index contributed by atoms with van der Waals surface area (Å²) in [5, 5.41) is 6.00. The summed E-state index contributed by atoms with van der Waals surface area (Å²) in [5.74, 6) is 0.762. The van der Waals surface area contributed by atoms with Gasteiger partial charge in [0.15, 0.2) is 0 Å². The summed E-state index contributed by atoms with van der Waals surface area (Å²) in [6.07, 6.45) is 5.55. The van der Waals surface area contributed by atoms with Crippen LogP contribution in [0.25, 0.3) is 10.8 Å². The summed E-state index contributed by atoms with van der Waals surface area (Å²) in [5.41, 5.74) is 1.19. The number of pyridine rings is 1. The van der Waals surface area contributed by atoms with Crippen LogP contribution in [0.2, 0.25) is 0 Å². The average Bonchev–Trinajstić information content (AvgIpc) is 2.48. The van der Waals surface area contributed by atoms with Gasteiger partial charge < -0.3 is 5.32 Å². The number of nitrogens with zero attached hydrogens (tertiary/aromatic N) is 1. The minimum atomic E-state index is 0.344. The predicted molar refractivity (Wildman–Crippen MR) is 82.2 cm³/mol. The number of fused-ring (bicyclic) bond motifs is 1. The molecule has 0 amide bonds. The number of benzene rings is 1. The molecule has 2 rings (SSSR count). The van der Waals surface area contributed by atoms with Crippen LogP contribution in [0.1, 0.15) is 44.8 Å². The Morgan fingerprint density at radius 1 is 1.11 bits per heavy atom. The molecule has 1 aromatic heterocycles. The van der Waals surface area contributed by atoms with Crippen LogP contribution in [0.5, 0.6) is 0 Å². The number of hydrogen-bond donors (Lipinski definition) is 1. The van der Waals surface area contributed by atoms with Gasteiger partial charge in [-0.05, 0) is 30.8 Å². The molecule has 1 unspecified atom stereocenters. The molecule has 1 aromatic carbocycles. The van der Waals surface area contributed by atoms with E-state index in [-0.39, 0.29) is 0 Å². The highest BCUT2D eigenvalue weighted by Crippen LogP contribution is 2.28. The maximum Gasteiger partial charge on any atom is 0.0651 e. The van der Waals surface area contributed by atoms with Gasteiger partial charge in [0.25, 0.3) is 0 Å². The van der Waals surface area contributed by atoms with Gasteiger partial charge in [-0.1, -0.05) is 51.0 Å². The standard InChI is InChI=1S/C17H24N2/c1-4-13(5-2)12-16(18-3)17-15-9-7-6-8-14(15)10-11-19-17/h6-11,13,16,18H,4-5,12H2,1-3H3. The molecule has 0 bridgehead atoms. The quantitative estimate of drug-likeness (QED) is 0.832. The molecule has 0 aliphatic rings. The van der Waals surface area contributed by atoms with E-state index in [9.17, 15) is 0 Å². The first-order chi connectivity index (χ1) is 9.30. The lowest BCUT2D eigenvalue weighted by molar-refractivity contribution is 0.382. The lowest BCUT2D eigenvalue weighted by atomic mass is 9.91. The Balaban J connectivity index is 2.35. The number of rotatable bonds is 6. The van der Waals surface area contributed by atoms with Crippen molar-refractivity contribution in [2.24, 2.45) is 5.92 Å². The normalized spacial score (nSPS) is 13.1. The van der Waals surface area contributed by atoms with E-state index in [1.165, 1.54) is 29.3 Å². The van der Waals surface area contributed by atoms with Crippen molar-refractivity contribution < 1.29 is 0 Å². The van der Waals surface area contributed by atoms with Crippen LogP contribution < -0.4 is 5.32 Å². The zero-order valence-corrected chi connectivity index (χ0v) is 12.2. The highest BCUT2D eigenvalue weighted by atomic mass is 14.9. The first-order valence-electron chi connectivity index (χ1n) is 7.31. The molecule has 0 fully saturated rings. The Labute approximate surface area is 116 Å². The molecule has 19 heavy (non-hydrogen) atoms. The van der Waals surface area contributed by atoms with Gasteiger partial charge in [0.05, 0.1) is 11.7 Å². The molecule has 0 radical (unpaired) electrons. The van der Waals surface area contributed by atoms with Crippen LogP contribution in [-0.2, 0) is 0 Å². The maximum absolute atomic E-state index is 4.64. The lowest BCUT2D eigenvalue weighted by Crippen LogP contribution is -2.21. The van der Waals surface area contributed by atoms with Crippen LogP contribution in [0.3, 0.4) is 0 Å². The fourth-order valence-electron chi connectivity index (χ4n) is 2.74. The molecular formula is C17H24N2. The first-order valence-corrected chi connectivity index (χ1v) is 7.31. The predicted octanol–water partition coefficient (Wildman–Crippen LogP) is 4.32. The summed E-state index contributed by atoms with van der Waals surface area (Å²) in [4.78, 5) is 4.64. The molecule has 0 saturated heterocycles. The second kappa shape index (κ2) is 6.67. The lowest BCUT2D eigenvalue weighted by Gasteiger charge is -2.22. The van der Waals surface area contributed by atoms with Crippen molar-refractivity contribution in [2.45, 2.75) is 39.2 Å². The van der Waals surface area contributed by atoms with Crippen LogP contribution in [0.4, 0.5) is 0 Å². The van der Waals surface area contributed by atoms with Crippen molar-refractivity contribution in [1.82, 2.24) is 10.3 Å². The second-order valence-corrected chi connectivity index (χ2v) is 5.18. The summed E-state index contributed by atoms with van der Waals surface area (Å²) in [6.45, 7) is 4.55. The van der Waals surface area contributed by atoms with E-state index in [1.54, 1.807) is 0 Å². The van der Waals surface area contributed by atoms with Crippen LogP contribution >= 0.6 is 0 Å². The summed E-state index contributed by atoms with van der Waals surface area (Å²) >= 11 is 0. The van der Waals surface area contributed by atoms with Gasteiger partial charge in [0.1, 0.15) is 0 Å². The Morgan fingerprint density at radius 2 is 1.84 bits per heavy atom. The molecule has 0 aliphatic heterocycles. The highest BCUT2D eigenvalue weighted by Gasteiger charge is 2.17. The second-order valence-electron chi connectivity index (χ2n) is 5.18. The highest BCUT2D eigenvalue weighted by molar-refractivity contribution is 5.84. The zero-order valence-electron chi connectivity index (χ0n) is 12.2. The number of nitrogens with one attached hydrogen (secondary N) is 1. The van der Waals surface area contributed by atoms with Gasteiger partial charge in [0, 0.05) is 11.6 Å². The largest absolute Gasteiger partial charge is 0.312 e. The van der Waals surface area contributed by atoms with E-state index >= 15 is 0 Å². The van der Waals surface area contributed by atoms with Crippen LogP contribution in [0, 0.1) is 5.92 Å². The molecule has 1 N–H and O–H groups in total. The van der Waals surface area contributed by atoms with E-state index in [1.807, 2.05) is 13.2 Å². The fourth-order valence-corrected chi connectivity index (χ4v) is 2.74. The van der Waals surface area contributed by atoms with Crippen molar-refractivity contribution in [3.63, 3.8) is 0 Å². The fraction of sp³-hybridized carbons (Fsp3) is 0.471. The molecule has 102 valence electrons. The Kier molecular flexibility index (Phi) is 4.92. The minimum absolute atomic E-state index is 0.344. The van der Waals surface area contributed by atoms with Gasteiger partial charge in [-0.2, -0.15) is 0 Å². The maximum atomic E-state index is 4.64. The van der Waals surface area contributed by atoms with E-state index in [2.05, 4.69) is 54.5 Å². The van der Waals surface area contributed by atoms with Crippen molar-refractivity contribution >= 4 is 10.8 Å². The van der Waals surface area contributed by atoms with Gasteiger partial charge in [-0.25, -0.2) is 0 Å². The van der Waals surface area contributed by atoms with Crippen LogP contribution in [-0.4, -0.2) is 12.0 Å². The Hall–Kier alpha value is -1.41. The van der Waals surface area contributed by atoms with Crippen molar-refractivity contribution in [2.75, 3.05) is 7.05 Å². The molecular weight excluding hydrogens is 232 g/mol.